The summed E-state index contributed by atoms with van der Waals surface area (Å²) in [6, 6.07) is 0. The molecule has 3 N–H and O–H groups in total. The van der Waals surface area contributed by atoms with Crippen LogP contribution in [-0.2, 0) is 32.7 Å². The van der Waals surface area contributed by atoms with Crippen molar-refractivity contribution in [2.45, 2.75) is 129 Å². The molecule has 220 valence electrons. The van der Waals surface area contributed by atoms with Gasteiger partial charge in [0.15, 0.2) is 6.10 Å². The number of esters is 2. The van der Waals surface area contributed by atoms with Crippen LogP contribution in [0, 0.1) is 0 Å². The van der Waals surface area contributed by atoms with Gasteiger partial charge in [0.25, 0.3) is 0 Å². The summed E-state index contributed by atoms with van der Waals surface area (Å²) in [5.74, 6) is -0.940. The topological polar surface area (TPSA) is 149 Å². The van der Waals surface area contributed by atoms with Crippen molar-refractivity contribution in [3.63, 3.8) is 0 Å². The molecule has 0 spiro atoms. The number of hydrogen-bond acceptors (Lipinski definition) is 9. The highest BCUT2D eigenvalue weighted by Gasteiger charge is 2.27. The first-order chi connectivity index (χ1) is 17.7. The number of aliphatic hydroxyl groups is 2. The Morgan fingerprint density at radius 1 is 0.703 bits per heavy atom. The molecule has 0 saturated carbocycles. The fourth-order valence-electron chi connectivity index (χ4n) is 3.52. The Labute approximate surface area is 223 Å². The Morgan fingerprint density at radius 2 is 1.16 bits per heavy atom. The first-order valence-corrected chi connectivity index (χ1v) is 15.5. The van der Waals surface area contributed by atoms with Crippen molar-refractivity contribution >= 4 is 19.8 Å². The third-order valence-electron chi connectivity index (χ3n) is 5.76. The van der Waals surface area contributed by atoms with E-state index >= 15 is 0 Å². The van der Waals surface area contributed by atoms with Gasteiger partial charge in [-0.05, 0) is 12.8 Å². The van der Waals surface area contributed by atoms with Crippen LogP contribution in [0.4, 0.5) is 0 Å². The summed E-state index contributed by atoms with van der Waals surface area (Å²) in [5.41, 5.74) is 0. The van der Waals surface area contributed by atoms with Gasteiger partial charge >= 0.3 is 19.8 Å². The first-order valence-electron chi connectivity index (χ1n) is 14.0. The van der Waals surface area contributed by atoms with Crippen LogP contribution in [0.1, 0.15) is 117 Å². The number of hydrogen-bond donors (Lipinski definition) is 3. The van der Waals surface area contributed by atoms with Gasteiger partial charge in [0.05, 0.1) is 19.8 Å². The smallest absolute Gasteiger partial charge is 0.462 e. The minimum Gasteiger partial charge on any atom is -0.462 e. The predicted molar refractivity (Wildman–Crippen MR) is 141 cm³/mol. The summed E-state index contributed by atoms with van der Waals surface area (Å²) in [6.45, 7) is 2.22. The molecule has 0 aliphatic carbocycles. The van der Waals surface area contributed by atoms with Crippen LogP contribution in [0.5, 0.6) is 0 Å². The number of carbonyl (C=O) groups excluding carboxylic acids is 2. The summed E-state index contributed by atoms with van der Waals surface area (Å²) >= 11 is 0. The number of ether oxygens (including phenoxy) is 2. The third kappa shape index (κ3) is 23.8. The maximum Gasteiger partial charge on any atom is 0.472 e. The normalized spacial score (nSPS) is 14.6. The van der Waals surface area contributed by atoms with Gasteiger partial charge in [-0.3, -0.25) is 18.6 Å². The van der Waals surface area contributed by atoms with Crippen molar-refractivity contribution in [2.24, 2.45) is 0 Å². The Hall–Kier alpha value is -1.03. The van der Waals surface area contributed by atoms with Crippen molar-refractivity contribution in [2.75, 3.05) is 26.4 Å². The van der Waals surface area contributed by atoms with E-state index in [-0.39, 0.29) is 19.4 Å². The Kier molecular flexibility index (Phi) is 23.4. The fourth-order valence-corrected chi connectivity index (χ4v) is 4.31. The average molecular weight is 555 g/mol. The zero-order valence-electron chi connectivity index (χ0n) is 22.9. The number of phosphoric ester groups is 1. The Balaban J connectivity index is 4.51. The molecule has 0 aromatic carbocycles. The summed E-state index contributed by atoms with van der Waals surface area (Å²) < 4.78 is 32.1. The van der Waals surface area contributed by atoms with Crippen LogP contribution < -0.4 is 0 Å². The molecule has 1 unspecified atom stereocenters. The first kappa shape index (κ1) is 36.0. The summed E-state index contributed by atoms with van der Waals surface area (Å²) in [7, 11) is -4.58. The van der Waals surface area contributed by atoms with Gasteiger partial charge in [-0.1, -0.05) is 90.9 Å². The standard InChI is InChI=1S/C26H51O10P/c1-3-5-7-9-11-12-14-15-17-25(29)33-21-24(22-35-37(31,32)34-20-23(28)19-27)36-26(30)18-16-13-10-8-6-4-2/h23-24,27-28H,3-22H2,1-2H3,(H,31,32)/t23-,24+/m1/s1. The van der Waals surface area contributed by atoms with Crippen LogP contribution in [0.25, 0.3) is 0 Å². The molecule has 0 aliphatic heterocycles. The SMILES string of the molecule is CCCCCCCCCCC(=O)OC[C@@H](COP(=O)(O)OC[C@H](O)CO)OC(=O)CCCCCCCC. The quantitative estimate of drug-likeness (QED) is 0.0739. The van der Waals surface area contributed by atoms with Crippen LogP contribution in [-0.4, -0.2) is 65.7 Å². The van der Waals surface area contributed by atoms with Crippen molar-refractivity contribution in [3.05, 3.63) is 0 Å². The second-order valence-electron chi connectivity index (χ2n) is 9.43. The molecule has 0 amide bonds. The molecule has 0 radical (unpaired) electrons. The molecule has 0 heterocycles. The van der Waals surface area contributed by atoms with Gasteiger partial charge in [-0.25, -0.2) is 4.57 Å². The van der Waals surface area contributed by atoms with E-state index < -0.39 is 51.8 Å². The van der Waals surface area contributed by atoms with Gasteiger partial charge in [0.1, 0.15) is 12.7 Å². The molecule has 0 aromatic rings. The van der Waals surface area contributed by atoms with Crippen LogP contribution in [0.15, 0.2) is 0 Å². The van der Waals surface area contributed by atoms with Crippen molar-refractivity contribution in [1.82, 2.24) is 0 Å². The van der Waals surface area contributed by atoms with Crippen molar-refractivity contribution < 1.29 is 47.8 Å². The molecule has 0 aliphatic rings. The molecule has 0 bridgehead atoms. The molecular formula is C26H51O10P. The lowest BCUT2D eigenvalue weighted by Gasteiger charge is -2.20. The lowest BCUT2D eigenvalue weighted by Crippen LogP contribution is -2.29. The van der Waals surface area contributed by atoms with E-state index in [1.807, 2.05) is 0 Å². The summed E-state index contributed by atoms with van der Waals surface area (Å²) in [5, 5.41) is 18.1. The number of phosphoric acid groups is 1. The average Bonchev–Trinajstić information content (AvgIpc) is 2.87. The Bertz CT molecular complexity index is 616. The maximum atomic E-state index is 12.3. The third-order valence-corrected chi connectivity index (χ3v) is 6.71. The van der Waals surface area contributed by atoms with Gasteiger partial charge in [0.2, 0.25) is 0 Å². The van der Waals surface area contributed by atoms with Gasteiger partial charge in [-0.15, -0.1) is 0 Å². The highest BCUT2D eigenvalue weighted by atomic mass is 31.2. The minimum atomic E-state index is -4.58. The summed E-state index contributed by atoms with van der Waals surface area (Å²) in [4.78, 5) is 34.2. The van der Waals surface area contributed by atoms with E-state index in [0.717, 1.165) is 51.4 Å². The number of unbranched alkanes of at least 4 members (excludes halogenated alkanes) is 12. The monoisotopic (exact) mass is 554 g/mol. The second-order valence-corrected chi connectivity index (χ2v) is 10.9. The maximum absolute atomic E-state index is 12.3. The molecule has 10 nitrogen and oxygen atoms in total. The van der Waals surface area contributed by atoms with Gasteiger partial charge in [-0.2, -0.15) is 0 Å². The number of rotatable bonds is 26. The molecule has 3 atom stereocenters. The van der Waals surface area contributed by atoms with Gasteiger partial charge in [0, 0.05) is 12.8 Å². The molecule has 0 rings (SSSR count). The molecule has 37 heavy (non-hydrogen) atoms. The van der Waals surface area contributed by atoms with Crippen molar-refractivity contribution in [3.8, 4) is 0 Å². The highest BCUT2D eigenvalue weighted by molar-refractivity contribution is 7.47. The molecule has 0 aromatic heterocycles. The van der Waals surface area contributed by atoms with Gasteiger partial charge < -0.3 is 24.6 Å². The zero-order chi connectivity index (χ0) is 27.8. The molecular weight excluding hydrogens is 503 g/mol. The summed E-state index contributed by atoms with van der Waals surface area (Å²) in [6.07, 6.45) is 12.8. The fraction of sp³-hybridized carbons (Fsp3) is 0.923. The minimum absolute atomic E-state index is 0.185. The van der Waals surface area contributed by atoms with Crippen LogP contribution in [0.3, 0.4) is 0 Å². The molecule has 11 heteroatoms. The second kappa shape index (κ2) is 24.0. The lowest BCUT2D eigenvalue weighted by atomic mass is 10.1. The lowest BCUT2D eigenvalue weighted by molar-refractivity contribution is -0.161. The highest BCUT2D eigenvalue weighted by Crippen LogP contribution is 2.43. The molecule has 0 saturated heterocycles. The Morgan fingerprint density at radius 3 is 1.68 bits per heavy atom. The van der Waals surface area contributed by atoms with E-state index in [9.17, 15) is 24.2 Å². The molecule has 0 fully saturated rings. The van der Waals surface area contributed by atoms with E-state index in [4.69, 9.17) is 19.1 Å². The van der Waals surface area contributed by atoms with E-state index in [1.54, 1.807) is 0 Å². The zero-order valence-corrected chi connectivity index (χ0v) is 23.8. The van der Waals surface area contributed by atoms with E-state index in [0.29, 0.717) is 12.8 Å². The van der Waals surface area contributed by atoms with Crippen LogP contribution >= 0.6 is 7.82 Å². The van der Waals surface area contributed by atoms with Crippen LogP contribution in [0.2, 0.25) is 0 Å². The number of aliphatic hydroxyl groups excluding tert-OH is 2. The van der Waals surface area contributed by atoms with E-state index in [1.165, 1.54) is 25.7 Å². The number of carbonyl (C=O) groups is 2. The van der Waals surface area contributed by atoms with Crippen molar-refractivity contribution in [1.29, 1.82) is 0 Å². The predicted octanol–water partition coefficient (Wildman–Crippen LogP) is 5.21. The van der Waals surface area contributed by atoms with E-state index in [2.05, 4.69) is 18.4 Å². The largest absolute Gasteiger partial charge is 0.472 e.